The molecule has 0 saturated carbocycles. The van der Waals surface area contributed by atoms with Gasteiger partial charge >= 0.3 is 5.97 Å². The van der Waals surface area contributed by atoms with Gasteiger partial charge in [-0.05, 0) is 42.5 Å². The number of carboxylic acids is 1. The molecule has 1 heterocycles. The van der Waals surface area contributed by atoms with E-state index >= 15 is 0 Å². The molecule has 1 aromatic carbocycles. The second-order valence-corrected chi connectivity index (χ2v) is 4.90. The summed E-state index contributed by atoms with van der Waals surface area (Å²) in [5, 5.41) is 10.6. The average Bonchev–Trinajstić information content (AvgIpc) is 2.76. The molecule has 0 aliphatic heterocycles. The zero-order valence-electron chi connectivity index (χ0n) is 11.9. The van der Waals surface area contributed by atoms with Gasteiger partial charge < -0.3 is 9.67 Å². The van der Waals surface area contributed by atoms with Gasteiger partial charge in [-0.1, -0.05) is 20.8 Å². The van der Waals surface area contributed by atoms with Gasteiger partial charge in [-0.3, -0.25) is 0 Å². The number of fused-ring (bicyclic) bond motifs is 1. The molecule has 0 aliphatic carbocycles. The summed E-state index contributed by atoms with van der Waals surface area (Å²) in [5.74, 6) is -0.835. The van der Waals surface area contributed by atoms with Crippen LogP contribution in [-0.4, -0.2) is 15.6 Å². The van der Waals surface area contributed by atoms with E-state index in [1.807, 2.05) is 6.07 Å². The summed E-state index contributed by atoms with van der Waals surface area (Å²) in [5.41, 5.74) is 3.64. The number of hydrogen-bond acceptors (Lipinski definition) is 1. The maximum Gasteiger partial charge on any atom is 0.337 e. The Morgan fingerprint density at radius 1 is 1.21 bits per heavy atom. The predicted molar refractivity (Wildman–Crippen MR) is 77.9 cm³/mol. The van der Waals surface area contributed by atoms with E-state index in [0.29, 0.717) is 5.56 Å². The van der Waals surface area contributed by atoms with Gasteiger partial charge in [-0.15, -0.1) is 0 Å². The molecule has 0 fully saturated rings. The van der Waals surface area contributed by atoms with Gasteiger partial charge in [-0.2, -0.15) is 0 Å². The second-order valence-electron chi connectivity index (χ2n) is 4.90. The van der Waals surface area contributed by atoms with Crippen molar-refractivity contribution in [2.75, 3.05) is 0 Å². The van der Waals surface area contributed by atoms with Crippen LogP contribution in [0.4, 0.5) is 0 Å². The maximum atomic E-state index is 11.5. The third kappa shape index (κ3) is 2.37. The van der Waals surface area contributed by atoms with Crippen molar-refractivity contribution in [3.05, 3.63) is 35.0 Å². The third-order valence-corrected chi connectivity index (χ3v) is 3.60. The first kappa shape index (κ1) is 13.7. The van der Waals surface area contributed by atoms with Crippen molar-refractivity contribution >= 4 is 16.9 Å². The monoisotopic (exact) mass is 259 g/mol. The summed E-state index contributed by atoms with van der Waals surface area (Å²) in [6.07, 6.45) is 4.90. The average molecular weight is 259 g/mol. The lowest BCUT2D eigenvalue weighted by Crippen LogP contribution is -2.04. The van der Waals surface area contributed by atoms with Crippen molar-refractivity contribution in [1.29, 1.82) is 0 Å². The molecule has 19 heavy (non-hydrogen) atoms. The Labute approximate surface area is 113 Å². The molecule has 0 aliphatic rings. The van der Waals surface area contributed by atoms with Crippen molar-refractivity contribution in [2.24, 2.45) is 0 Å². The van der Waals surface area contributed by atoms with Crippen molar-refractivity contribution in [3.8, 4) is 0 Å². The molecule has 3 nitrogen and oxygen atoms in total. The smallest absolute Gasteiger partial charge is 0.337 e. The Morgan fingerprint density at radius 3 is 2.47 bits per heavy atom. The molecular formula is C16H21NO2. The summed E-state index contributed by atoms with van der Waals surface area (Å²) in [6, 6.07) is 3.96. The van der Waals surface area contributed by atoms with Crippen molar-refractivity contribution in [1.82, 2.24) is 4.57 Å². The minimum atomic E-state index is -0.835. The summed E-state index contributed by atoms with van der Waals surface area (Å²) in [7, 11) is 0. The predicted octanol–water partition coefficient (Wildman–Crippen LogP) is 3.87. The molecule has 0 radical (unpaired) electrons. The summed E-state index contributed by atoms with van der Waals surface area (Å²) >= 11 is 0. The molecule has 1 N–H and O–H groups in total. The number of carbonyl (C=O) groups is 1. The van der Waals surface area contributed by atoms with E-state index in [9.17, 15) is 9.90 Å². The lowest BCUT2D eigenvalue weighted by atomic mass is 10.0. The highest BCUT2D eigenvalue weighted by atomic mass is 16.4. The van der Waals surface area contributed by atoms with Gasteiger partial charge in [0.05, 0.1) is 11.1 Å². The minimum Gasteiger partial charge on any atom is -0.478 e. The molecule has 0 unspecified atom stereocenters. The highest BCUT2D eigenvalue weighted by Crippen LogP contribution is 2.28. The summed E-state index contributed by atoms with van der Waals surface area (Å²) in [6.45, 7) is 7.14. The Hall–Kier alpha value is -1.77. The van der Waals surface area contributed by atoms with E-state index in [2.05, 4.69) is 37.6 Å². The quantitative estimate of drug-likeness (QED) is 0.885. The zero-order chi connectivity index (χ0) is 14.0. The fourth-order valence-electron chi connectivity index (χ4n) is 2.64. The Bertz CT molecular complexity index is 611. The molecule has 3 heteroatoms. The van der Waals surface area contributed by atoms with E-state index < -0.39 is 5.97 Å². The molecule has 0 saturated heterocycles. The van der Waals surface area contributed by atoms with E-state index in [0.717, 1.165) is 42.3 Å². The molecule has 102 valence electrons. The Kier molecular flexibility index (Phi) is 3.93. The maximum absolute atomic E-state index is 11.5. The topological polar surface area (TPSA) is 42.2 Å². The highest BCUT2D eigenvalue weighted by Gasteiger charge is 2.16. The number of aromatic carboxylic acids is 1. The van der Waals surface area contributed by atoms with Crippen LogP contribution in [0.2, 0.25) is 0 Å². The number of hydrogen-bond donors (Lipinski definition) is 1. The van der Waals surface area contributed by atoms with Crippen LogP contribution in [0, 0.1) is 0 Å². The van der Waals surface area contributed by atoms with Crippen LogP contribution in [0.3, 0.4) is 0 Å². The molecule has 0 spiro atoms. The van der Waals surface area contributed by atoms with Crippen molar-refractivity contribution in [2.45, 2.75) is 46.6 Å². The fourth-order valence-corrected chi connectivity index (χ4v) is 2.64. The SMILES string of the molecule is CCCn1cc(CC)c2cc(CC)cc(C(=O)O)c21. The number of benzene rings is 1. The van der Waals surface area contributed by atoms with Crippen LogP contribution in [0.15, 0.2) is 18.3 Å². The molecule has 0 atom stereocenters. The largest absolute Gasteiger partial charge is 0.478 e. The molecule has 2 aromatic rings. The first-order valence-electron chi connectivity index (χ1n) is 7.00. The van der Waals surface area contributed by atoms with Gasteiger partial charge in [0, 0.05) is 18.1 Å². The van der Waals surface area contributed by atoms with E-state index in [-0.39, 0.29) is 0 Å². The standard InChI is InChI=1S/C16H21NO2/c1-4-7-17-10-12(6-3)13-8-11(5-2)9-14(15(13)17)16(18)19/h8-10H,4-7H2,1-3H3,(H,18,19). The number of aromatic nitrogens is 1. The number of nitrogens with zero attached hydrogens (tertiary/aromatic N) is 1. The van der Waals surface area contributed by atoms with Crippen LogP contribution in [0.1, 0.15) is 48.7 Å². The Morgan fingerprint density at radius 2 is 1.95 bits per heavy atom. The molecular weight excluding hydrogens is 238 g/mol. The number of aryl methyl sites for hydroxylation is 3. The van der Waals surface area contributed by atoms with Gasteiger partial charge in [0.2, 0.25) is 0 Å². The van der Waals surface area contributed by atoms with Crippen molar-refractivity contribution in [3.63, 3.8) is 0 Å². The van der Waals surface area contributed by atoms with Gasteiger partial charge in [0.15, 0.2) is 0 Å². The number of carboxylic acid groups (broad SMARTS) is 1. The third-order valence-electron chi connectivity index (χ3n) is 3.60. The lowest BCUT2D eigenvalue weighted by Gasteiger charge is -2.08. The molecule has 1 aromatic heterocycles. The van der Waals surface area contributed by atoms with E-state index in [4.69, 9.17) is 0 Å². The minimum absolute atomic E-state index is 0.433. The highest BCUT2D eigenvalue weighted by molar-refractivity contribution is 6.03. The first-order valence-corrected chi connectivity index (χ1v) is 7.00. The fraction of sp³-hybridized carbons (Fsp3) is 0.438. The van der Waals surface area contributed by atoms with Crippen molar-refractivity contribution < 1.29 is 9.90 Å². The molecule has 0 bridgehead atoms. The molecule has 2 rings (SSSR count). The van der Waals surface area contributed by atoms with Gasteiger partial charge in [-0.25, -0.2) is 4.79 Å². The first-order chi connectivity index (χ1) is 9.12. The van der Waals surface area contributed by atoms with Gasteiger partial charge in [0.1, 0.15) is 0 Å². The lowest BCUT2D eigenvalue weighted by molar-refractivity contribution is 0.0698. The van der Waals surface area contributed by atoms with Crippen LogP contribution >= 0.6 is 0 Å². The summed E-state index contributed by atoms with van der Waals surface area (Å²) < 4.78 is 2.09. The van der Waals surface area contributed by atoms with Crippen LogP contribution in [-0.2, 0) is 19.4 Å². The molecule has 0 amide bonds. The number of rotatable bonds is 5. The van der Waals surface area contributed by atoms with E-state index in [1.54, 1.807) is 0 Å². The Balaban J connectivity index is 2.81. The second kappa shape index (κ2) is 5.47. The van der Waals surface area contributed by atoms with Gasteiger partial charge in [0.25, 0.3) is 0 Å². The normalized spacial score (nSPS) is 11.1. The summed E-state index contributed by atoms with van der Waals surface area (Å²) in [4.78, 5) is 11.5. The van der Waals surface area contributed by atoms with Crippen LogP contribution in [0.25, 0.3) is 10.9 Å². The van der Waals surface area contributed by atoms with Crippen LogP contribution in [0.5, 0.6) is 0 Å². The van der Waals surface area contributed by atoms with E-state index in [1.165, 1.54) is 5.56 Å². The zero-order valence-corrected chi connectivity index (χ0v) is 11.9. The van der Waals surface area contributed by atoms with Crippen LogP contribution < -0.4 is 0 Å².